The molecule has 0 heterocycles. The van der Waals surface area contributed by atoms with Gasteiger partial charge in [-0.3, -0.25) is 24.2 Å². The van der Waals surface area contributed by atoms with Crippen LogP contribution in [-0.2, 0) is 30.4 Å². The number of carboxylic acids is 2. The Balaban J connectivity index is 3.16. The van der Waals surface area contributed by atoms with Gasteiger partial charge in [-0.15, -0.1) is 0 Å². The highest BCUT2D eigenvalue weighted by Gasteiger charge is 2.31. The van der Waals surface area contributed by atoms with Crippen LogP contribution in [0.3, 0.4) is 0 Å². The number of nitrogens with two attached hydrogens (primary N) is 3. The van der Waals surface area contributed by atoms with Gasteiger partial charge in [-0.1, -0.05) is 12.1 Å². The smallest absolute Gasteiger partial charge is 0.326 e. The monoisotopic (exact) mass is 523 g/mol. The average Bonchev–Trinajstić information content (AvgIpc) is 2.80. The second-order valence-electron chi connectivity index (χ2n) is 8.23. The number of hydrogen-bond acceptors (Lipinski definition) is 8. The Hall–Kier alpha value is -4.40. The number of phenols is 1. The van der Waals surface area contributed by atoms with Crippen LogP contribution in [0.25, 0.3) is 0 Å². The molecule has 4 atom stereocenters. The van der Waals surface area contributed by atoms with Crippen LogP contribution in [0.15, 0.2) is 29.3 Å². The number of rotatable bonds is 15. The minimum Gasteiger partial charge on any atom is -0.508 e. The van der Waals surface area contributed by atoms with Gasteiger partial charge in [0.15, 0.2) is 5.96 Å². The lowest BCUT2D eigenvalue weighted by atomic mass is 10.0. The maximum Gasteiger partial charge on any atom is 0.326 e. The summed E-state index contributed by atoms with van der Waals surface area (Å²) in [4.78, 5) is 64.4. The van der Waals surface area contributed by atoms with Crippen LogP contribution < -0.4 is 33.2 Å². The third-order valence-corrected chi connectivity index (χ3v) is 4.99. The van der Waals surface area contributed by atoms with Crippen molar-refractivity contribution in [3.05, 3.63) is 29.8 Å². The van der Waals surface area contributed by atoms with E-state index in [2.05, 4.69) is 20.9 Å². The highest BCUT2D eigenvalue weighted by atomic mass is 16.4. The van der Waals surface area contributed by atoms with Gasteiger partial charge < -0.3 is 48.5 Å². The molecule has 1 aromatic rings. The number of nitrogens with one attached hydrogen (secondary N) is 3. The van der Waals surface area contributed by atoms with E-state index in [4.69, 9.17) is 22.3 Å². The minimum atomic E-state index is -1.75. The van der Waals surface area contributed by atoms with Crippen LogP contribution in [-0.4, -0.2) is 81.7 Å². The van der Waals surface area contributed by atoms with E-state index in [1.54, 1.807) is 0 Å². The summed E-state index contributed by atoms with van der Waals surface area (Å²) in [5.41, 5.74) is 16.6. The van der Waals surface area contributed by atoms with E-state index in [1.807, 2.05) is 0 Å². The second-order valence-corrected chi connectivity index (χ2v) is 8.23. The quantitative estimate of drug-likeness (QED) is 0.0650. The molecule has 0 spiro atoms. The lowest BCUT2D eigenvalue weighted by molar-refractivity contribution is -0.147. The Morgan fingerprint density at radius 2 is 1.43 bits per heavy atom. The van der Waals surface area contributed by atoms with Gasteiger partial charge in [0.2, 0.25) is 17.7 Å². The summed E-state index contributed by atoms with van der Waals surface area (Å²) in [6, 6.07) is 0.486. The molecule has 1 aromatic carbocycles. The summed E-state index contributed by atoms with van der Waals surface area (Å²) >= 11 is 0. The number of guanidine groups is 1. The van der Waals surface area contributed by atoms with Crippen LogP contribution in [0, 0.1) is 0 Å². The third-order valence-electron chi connectivity index (χ3n) is 4.99. The van der Waals surface area contributed by atoms with Gasteiger partial charge in [0.1, 0.15) is 23.9 Å². The fourth-order valence-electron chi connectivity index (χ4n) is 3.07. The average molecular weight is 524 g/mol. The first kappa shape index (κ1) is 30.6. The van der Waals surface area contributed by atoms with Crippen molar-refractivity contribution in [2.45, 2.75) is 56.8 Å². The SMILES string of the molecule is CC(N)C(=O)NC(CCCN=C(N)N)C(=O)NC(Cc1ccc(O)cc1)C(=O)NC(CC(=O)O)C(=O)O. The molecule has 0 saturated heterocycles. The van der Waals surface area contributed by atoms with Crippen LogP contribution in [0.2, 0.25) is 0 Å². The molecular weight excluding hydrogens is 490 g/mol. The molecule has 204 valence electrons. The van der Waals surface area contributed by atoms with Crippen molar-refractivity contribution in [2.75, 3.05) is 6.54 Å². The van der Waals surface area contributed by atoms with E-state index in [-0.39, 0.29) is 37.5 Å². The number of hydrogen-bond donors (Lipinski definition) is 9. The van der Waals surface area contributed by atoms with Crippen LogP contribution in [0.4, 0.5) is 0 Å². The largest absolute Gasteiger partial charge is 0.508 e. The van der Waals surface area contributed by atoms with E-state index in [1.165, 1.54) is 31.2 Å². The normalized spacial score (nSPS) is 13.8. The van der Waals surface area contributed by atoms with Crippen molar-refractivity contribution in [3.63, 3.8) is 0 Å². The summed E-state index contributed by atoms with van der Waals surface area (Å²) in [7, 11) is 0. The topological polar surface area (TPSA) is 273 Å². The predicted molar refractivity (Wildman–Crippen MR) is 131 cm³/mol. The van der Waals surface area contributed by atoms with Gasteiger partial charge in [-0.2, -0.15) is 0 Å². The fourth-order valence-corrected chi connectivity index (χ4v) is 3.07. The zero-order valence-corrected chi connectivity index (χ0v) is 20.2. The number of carbonyl (C=O) groups excluding carboxylic acids is 3. The summed E-state index contributed by atoms with van der Waals surface area (Å²) in [6.07, 6.45) is -0.673. The number of nitrogens with zero attached hydrogens (tertiary/aromatic N) is 1. The standard InChI is InChI=1S/C22H33N7O8/c1-11(23)18(33)27-14(3-2-8-26-22(24)25)19(34)28-15(9-12-4-6-13(30)7-5-12)20(35)29-16(21(36)37)10-17(31)32/h4-7,11,14-16,30H,2-3,8-10,23H2,1H3,(H,27,33)(H,28,34)(H,29,35)(H,31,32)(H,36,37)(H4,24,25,26). The summed E-state index contributed by atoms with van der Waals surface area (Å²) in [6.45, 7) is 1.58. The molecule has 3 amide bonds. The molecule has 15 heteroatoms. The number of carboxylic acid groups (broad SMARTS) is 2. The van der Waals surface area contributed by atoms with Gasteiger partial charge in [-0.25, -0.2) is 4.79 Å². The molecule has 0 aliphatic rings. The Morgan fingerprint density at radius 1 is 0.892 bits per heavy atom. The summed E-state index contributed by atoms with van der Waals surface area (Å²) in [5, 5.41) is 34.8. The third kappa shape index (κ3) is 11.7. The van der Waals surface area contributed by atoms with E-state index in [0.717, 1.165) is 0 Å². The van der Waals surface area contributed by atoms with Crippen molar-refractivity contribution < 1.29 is 39.3 Å². The summed E-state index contributed by atoms with van der Waals surface area (Å²) in [5.74, 6) is -5.59. The molecule has 37 heavy (non-hydrogen) atoms. The number of benzene rings is 1. The number of aliphatic imine (C=N–C) groups is 1. The van der Waals surface area contributed by atoms with Crippen molar-refractivity contribution in [3.8, 4) is 5.75 Å². The van der Waals surface area contributed by atoms with Crippen molar-refractivity contribution in [1.82, 2.24) is 16.0 Å². The molecule has 12 N–H and O–H groups in total. The molecule has 4 unspecified atom stereocenters. The lowest BCUT2D eigenvalue weighted by Gasteiger charge is -2.25. The predicted octanol–water partition coefficient (Wildman–Crippen LogP) is -2.65. The van der Waals surface area contributed by atoms with Crippen LogP contribution in [0.5, 0.6) is 5.75 Å². The first-order chi connectivity index (χ1) is 17.3. The fraction of sp³-hybridized carbons (Fsp3) is 0.455. The molecule has 15 nitrogen and oxygen atoms in total. The number of aliphatic carboxylic acids is 2. The molecule has 0 saturated carbocycles. The minimum absolute atomic E-state index is 0.0411. The highest BCUT2D eigenvalue weighted by Crippen LogP contribution is 2.12. The second kappa shape index (κ2) is 14.9. The maximum atomic E-state index is 13.1. The van der Waals surface area contributed by atoms with Gasteiger partial charge >= 0.3 is 11.9 Å². The van der Waals surface area contributed by atoms with Gasteiger partial charge in [0.05, 0.1) is 12.5 Å². The Kier molecular flexibility index (Phi) is 12.3. The molecule has 1 rings (SSSR count). The first-order valence-corrected chi connectivity index (χ1v) is 11.2. The van der Waals surface area contributed by atoms with Gasteiger partial charge in [0.25, 0.3) is 0 Å². The molecule has 0 aliphatic carbocycles. The molecule has 0 fully saturated rings. The molecule has 0 radical (unpaired) electrons. The van der Waals surface area contributed by atoms with Crippen molar-refractivity contribution in [2.24, 2.45) is 22.2 Å². The summed E-state index contributed by atoms with van der Waals surface area (Å²) < 4.78 is 0. The molecule has 0 aromatic heterocycles. The number of phenolic OH excluding ortho intramolecular Hbond substituents is 1. The van der Waals surface area contributed by atoms with E-state index in [9.17, 15) is 34.2 Å². The van der Waals surface area contributed by atoms with Crippen LogP contribution >= 0.6 is 0 Å². The van der Waals surface area contributed by atoms with Gasteiger partial charge in [-0.05, 0) is 37.5 Å². The van der Waals surface area contributed by atoms with Crippen LogP contribution in [0.1, 0.15) is 31.7 Å². The first-order valence-electron chi connectivity index (χ1n) is 11.2. The zero-order chi connectivity index (χ0) is 28.1. The highest BCUT2D eigenvalue weighted by molar-refractivity contribution is 5.94. The molecular formula is C22H33N7O8. The Morgan fingerprint density at radius 3 is 1.95 bits per heavy atom. The van der Waals surface area contributed by atoms with E-state index >= 15 is 0 Å². The number of amides is 3. The lowest BCUT2D eigenvalue weighted by Crippen LogP contribution is -2.57. The maximum absolute atomic E-state index is 13.1. The Bertz CT molecular complexity index is 993. The molecule has 0 aliphatic heterocycles. The van der Waals surface area contributed by atoms with Crippen molar-refractivity contribution >= 4 is 35.6 Å². The number of aromatic hydroxyl groups is 1. The zero-order valence-electron chi connectivity index (χ0n) is 20.2. The van der Waals surface area contributed by atoms with Gasteiger partial charge in [0, 0.05) is 13.0 Å². The number of carbonyl (C=O) groups is 5. The van der Waals surface area contributed by atoms with Crippen molar-refractivity contribution in [1.29, 1.82) is 0 Å². The van der Waals surface area contributed by atoms with E-state index in [0.29, 0.717) is 5.56 Å². The molecule has 0 bridgehead atoms. The van der Waals surface area contributed by atoms with E-state index < -0.39 is 60.2 Å². The Labute approximate surface area is 212 Å².